The summed E-state index contributed by atoms with van der Waals surface area (Å²) in [5, 5.41) is 0. The maximum atomic E-state index is 5.86. The third-order valence-corrected chi connectivity index (χ3v) is 1.94. The van der Waals surface area contributed by atoms with Crippen molar-refractivity contribution in [2.24, 2.45) is 0 Å². The number of hydrogen-bond acceptors (Lipinski definition) is 3. The standard InChI is InChI=1S/C9H10N4/c1-7-2-3-12-9(8(7)10)13-5-4-11-6-13/h2-6H,10H2,1H3. The molecular weight excluding hydrogens is 164 g/mol. The number of pyridine rings is 1. The van der Waals surface area contributed by atoms with Crippen LogP contribution < -0.4 is 5.73 Å². The molecule has 0 aliphatic heterocycles. The van der Waals surface area contributed by atoms with E-state index in [0.29, 0.717) is 5.69 Å². The smallest absolute Gasteiger partial charge is 0.161 e. The van der Waals surface area contributed by atoms with E-state index in [1.807, 2.05) is 19.2 Å². The fourth-order valence-corrected chi connectivity index (χ4v) is 1.15. The molecule has 4 nitrogen and oxygen atoms in total. The molecule has 0 amide bonds. The molecule has 0 aliphatic carbocycles. The van der Waals surface area contributed by atoms with Crippen molar-refractivity contribution in [3.05, 3.63) is 36.5 Å². The fourth-order valence-electron chi connectivity index (χ4n) is 1.15. The maximum Gasteiger partial charge on any atom is 0.161 e. The summed E-state index contributed by atoms with van der Waals surface area (Å²) in [5.41, 5.74) is 7.58. The van der Waals surface area contributed by atoms with Crippen molar-refractivity contribution in [1.82, 2.24) is 14.5 Å². The van der Waals surface area contributed by atoms with Gasteiger partial charge in [-0.05, 0) is 18.6 Å². The lowest BCUT2D eigenvalue weighted by molar-refractivity contribution is 0.993. The normalized spacial score (nSPS) is 10.2. The molecule has 0 spiro atoms. The van der Waals surface area contributed by atoms with Crippen LogP contribution in [0.2, 0.25) is 0 Å². The third kappa shape index (κ3) is 1.26. The molecular formula is C9H10N4. The van der Waals surface area contributed by atoms with E-state index < -0.39 is 0 Å². The Balaban J connectivity index is 2.59. The van der Waals surface area contributed by atoms with Crippen LogP contribution >= 0.6 is 0 Å². The van der Waals surface area contributed by atoms with Crippen LogP contribution in [-0.4, -0.2) is 14.5 Å². The molecule has 0 unspecified atom stereocenters. The molecule has 0 aliphatic rings. The summed E-state index contributed by atoms with van der Waals surface area (Å²) in [5.74, 6) is 0.734. The Morgan fingerprint density at radius 3 is 2.92 bits per heavy atom. The molecule has 0 saturated carbocycles. The van der Waals surface area contributed by atoms with Crippen LogP contribution in [0.1, 0.15) is 5.56 Å². The number of nitrogens with zero attached hydrogens (tertiary/aromatic N) is 3. The molecule has 0 radical (unpaired) electrons. The zero-order valence-corrected chi connectivity index (χ0v) is 7.31. The summed E-state index contributed by atoms with van der Waals surface area (Å²) in [6, 6.07) is 1.88. The summed E-state index contributed by atoms with van der Waals surface area (Å²) in [4.78, 5) is 8.12. The largest absolute Gasteiger partial charge is 0.395 e. The molecule has 4 heteroatoms. The van der Waals surface area contributed by atoms with E-state index in [1.165, 1.54) is 0 Å². The Labute approximate surface area is 76.1 Å². The zero-order valence-electron chi connectivity index (χ0n) is 7.31. The van der Waals surface area contributed by atoms with Gasteiger partial charge in [0.25, 0.3) is 0 Å². The summed E-state index contributed by atoms with van der Waals surface area (Å²) >= 11 is 0. The van der Waals surface area contributed by atoms with E-state index in [1.54, 1.807) is 23.3 Å². The molecule has 2 aromatic rings. The van der Waals surface area contributed by atoms with Crippen LogP contribution in [0.4, 0.5) is 5.69 Å². The van der Waals surface area contributed by atoms with Gasteiger partial charge in [0.15, 0.2) is 5.82 Å². The first kappa shape index (κ1) is 7.79. The number of anilines is 1. The van der Waals surface area contributed by atoms with E-state index in [9.17, 15) is 0 Å². The van der Waals surface area contributed by atoms with Gasteiger partial charge < -0.3 is 5.73 Å². The second kappa shape index (κ2) is 2.90. The summed E-state index contributed by atoms with van der Waals surface area (Å²) in [6.45, 7) is 1.96. The number of aromatic nitrogens is 3. The van der Waals surface area contributed by atoms with Gasteiger partial charge in [0.1, 0.15) is 6.33 Å². The number of aryl methyl sites for hydroxylation is 1. The minimum atomic E-state index is 0.695. The van der Waals surface area contributed by atoms with Gasteiger partial charge in [-0.15, -0.1) is 0 Å². The lowest BCUT2D eigenvalue weighted by Crippen LogP contribution is -2.02. The first-order valence-electron chi connectivity index (χ1n) is 3.98. The Bertz CT molecular complexity index is 406. The van der Waals surface area contributed by atoms with Gasteiger partial charge in [-0.3, -0.25) is 4.57 Å². The molecule has 2 rings (SSSR count). The molecule has 66 valence electrons. The second-order valence-corrected chi connectivity index (χ2v) is 2.84. The number of rotatable bonds is 1. The third-order valence-electron chi connectivity index (χ3n) is 1.94. The average Bonchev–Trinajstić information content (AvgIpc) is 2.62. The van der Waals surface area contributed by atoms with Gasteiger partial charge in [0, 0.05) is 18.6 Å². The minimum Gasteiger partial charge on any atom is -0.395 e. The Morgan fingerprint density at radius 2 is 2.23 bits per heavy atom. The van der Waals surface area contributed by atoms with Crippen LogP contribution in [0.25, 0.3) is 5.82 Å². The Kier molecular flexibility index (Phi) is 1.73. The number of imidazole rings is 1. The van der Waals surface area contributed by atoms with Gasteiger partial charge in [0.05, 0.1) is 5.69 Å². The van der Waals surface area contributed by atoms with E-state index >= 15 is 0 Å². The molecule has 2 aromatic heterocycles. The van der Waals surface area contributed by atoms with Crippen molar-refractivity contribution in [1.29, 1.82) is 0 Å². The van der Waals surface area contributed by atoms with Crippen LogP contribution in [-0.2, 0) is 0 Å². The van der Waals surface area contributed by atoms with Crippen LogP contribution in [0.5, 0.6) is 0 Å². The molecule has 0 aromatic carbocycles. The molecule has 2 N–H and O–H groups in total. The van der Waals surface area contributed by atoms with Crippen LogP contribution in [0, 0.1) is 6.92 Å². The minimum absolute atomic E-state index is 0.695. The average molecular weight is 174 g/mol. The number of nitrogens with two attached hydrogens (primary N) is 1. The summed E-state index contributed by atoms with van der Waals surface area (Å²) < 4.78 is 1.79. The maximum absolute atomic E-state index is 5.86. The first-order valence-corrected chi connectivity index (χ1v) is 3.98. The van der Waals surface area contributed by atoms with E-state index in [0.717, 1.165) is 11.4 Å². The number of nitrogen functional groups attached to an aromatic ring is 1. The topological polar surface area (TPSA) is 56.7 Å². The predicted molar refractivity (Wildman–Crippen MR) is 50.5 cm³/mol. The SMILES string of the molecule is Cc1ccnc(-n2ccnc2)c1N. The van der Waals surface area contributed by atoms with E-state index in [2.05, 4.69) is 9.97 Å². The van der Waals surface area contributed by atoms with Gasteiger partial charge >= 0.3 is 0 Å². The van der Waals surface area contributed by atoms with Gasteiger partial charge in [-0.2, -0.15) is 0 Å². The molecule has 0 atom stereocenters. The van der Waals surface area contributed by atoms with Gasteiger partial charge in [-0.1, -0.05) is 0 Å². The van der Waals surface area contributed by atoms with Gasteiger partial charge in [0.2, 0.25) is 0 Å². The Hall–Kier alpha value is -1.84. The van der Waals surface area contributed by atoms with Crippen LogP contribution in [0.15, 0.2) is 31.0 Å². The zero-order chi connectivity index (χ0) is 9.26. The second-order valence-electron chi connectivity index (χ2n) is 2.84. The van der Waals surface area contributed by atoms with Crippen molar-refractivity contribution in [3.8, 4) is 5.82 Å². The molecule has 0 bridgehead atoms. The van der Waals surface area contributed by atoms with Crippen molar-refractivity contribution in [3.63, 3.8) is 0 Å². The molecule has 0 saturated heterocycles. The van der Waals surface area contributed by atoms with Crippen molar-refractivity contribution < 1.29 is 0 Å². The van der Waals surface area contributed by atoms with Crippen molar-refractivity contribution >= 4 is 5.69 Å². The van der Waals surface area contributed by atoms with E-state index in [-0.39, 0.29) is 0 Å². The van der Waals surface area contributed by atoms with Crippen molar-refractivity contribution in [2.75, 3.05) is 5.73 Å². The fraction of sp³-hybridized carbons (Fsp3) is 0.111. The lowest BCUT2D eigenvalue weighted by atomic mass is 10.2. The van der Waals surface area contributed by atoms with Gasteiger partial charge in [-0.25, -0.2) is 9.97 Å². The Morgan fingerprint density at radius 1 is 1.38 bits per heavy atom. The highest BCUT2D eigenvalue weighted by atomic mass is 15.1. The first-order chi connectivity index (χ1) is 6.29. The highest BCUT2D eigenvalue weighted by molar-refractivity contribution is 5.57. The summed E-state index contributed by atoms with van der Waals surface area (Å²) in [7, 11) is 0. The lowest BCUT2D eigenvalue weighted by Gasteiger charge is -2.06. The highest BCUT2D eigenvalue weighted by Gasteiger charge is 2.03. The molecule has 2 heterocycles. The monoisotopic (exact) mass is 174 g/mol. The van der Waals surface area contributed by atoms with Crippen LogP contribution in [0.3, 0.4) is 0 Å². The van der Waals surface area contributed by atoms with E-state index in [4.69, 9.17) is 5.73 Å². The van der Waals surface area contributed by atoms with Crippen molar-refractivity contribution in [2.45, 2.75) is 6.92 Å². The quantitative estimate of drug-likeness (QED) is 0.705. The number of hydrogen-bond donors (Lipinski definition) is 1. The molecule has 0 fully saturated rings. The predicted octanol–water partition coefficient (Wildman–Crippen LogP) is 1.16. The molecule has 13 heavy (non-hydrogen) atoms. The highest BCUT2D eigenvalue weighted by Crippen LogP contribution is 2.17. The summed E-state index contributed by atoms with van der Waals surface area (Å²) in [6.07, 6.45) is 6.93.